The Morgan fingerprint density at radius 2 is 0.750 bits per heavy atom. The summed E-state index contributed by atoms with van der Waals surface area (Å²) in [7, 11) is 0. The molecule has 2 unspecified atom stereocenters. The number of unbranched alkanes of at least 4 members (excludes halogenated alkanes) is 40. The minimum atomic E-state index is -0.846. The molecule has 0 heterocycles. The van der Waals surface area contributed by atoms with E-state index >= 15 is 0 Å². The summed E-state index contributed by atoms with van der Waals surface area (Å²) in [5.41, 5.74) is 0. The van der Waals surface area contributed by atoms with E-state index in [1.165, 1.54) is 238 Å². The second-order valence-corrected chi connectivity index (χ2v) is 19.6. The van der Waals surface area contributed by atoms with Crippen molar-refractivity contribution in [3.05, 3.63) is 24.3 Å². The van der Waals surface area contributed by atoms with Crippen LogP contribution in [0.1, 0.15) is 309 Å². The van der Waals surface area contributed by atoms with Gasteiger partial charge >= 0.3 is 5.97 Å². The molecular formula is C58H111NO5. The molecule has 3 N–H and O–H groups in total. The Balaban J connectivity index is 3.44. The Bertz CT molecular complexity index is 997. The molecule has 378 valence electrons. The molecule has 0 fully saturated rings. The number of aliphatic hydroxyl groups excluding tert-OH is 2. The number of aliphatic hydroxyl groups is 2. The maximum Gasteiger partial charge on any atom is 0.305 e. The van der Waals surface area contributed by atoms with Crippen molar-refractivity contribution in [1.29, 1.82) is 0 Å². The van der Waals surface area contributed by atoms with Crippen LogP contribution in [0, 0.1) is 0 Å². The number of hydrogen-bond donors (Lipinski definition) is 3. The lowest BCUT2D eigenvalue weighted by Gasteiger charge is -2.20. The molecule has 0 aliphatic heterocycles. The fourth-order valence-electron chi connectivity index (χ4n) is 8.79. The first kappa shape index (κ1) is 62.3. The first-order valence-corrected chi connectivity index (χ1v) is 28.6. The van der Waals surface area contributed by atoms with Crippen LogP contribution in [-0.4, -0.2) is 47.4 Å². The summed E-state index contributed by atoms with van der Waals surface area (Å²) in [5.74, 6) is -0.0720. The van der Waals surface area contributed by atoms with E-state index in [1.807, 2.05) is 6.08 Å². The van der Waals surface area contributed by atoms with Gasteiger partial charge in [-0.15, -0.1) is 0 Å². The van der Waals surface area contributed by atoms with Gasteiger partial charge in [0.15, 0.2) is 0 Å². The Kier molecular flexibility index (Phi) is 52.6. The first-order chi connectivity index (χ1) is 31.5. The highest BCUT2D eigenvalue weighted by Gasteiger charge is 2.18. The van der Waals surface area contributed by atoms with E-state index < -0.39 is 12.1 Å². The molecule has 0 bridgehead atoms. The third kappa shape index (κ3) is 49.8. The van der Waals surface area contributed by atoms with Crippen molar-refractivity contribution in [2.75, 3.05) is 13.2 Å². The smallest absolute Gasteiger partial charge is 0.305 e. The largest absolute Gasteiger partial charge is 0.466 e. The standard InChI is InChI=1S/C58H111NO5/c1-3-5-7-9-11-13-15-16-17-21-24-27-31-34-38-42-46-50-56(61)55(54-60)59-57(62)51-47-43-39-35-32-28-25-22-19-18-20-23-26-29-33-37-41-45-49-53-64-58(63)52-48-44-40-36-30-14-12-10-8-6-4-2/h10,12,46,50,55-56,60-61H,3-9,11,13-45,47-49,51-54H2,1-2H3,(H,59,62)/b12-10-,50-46+. The number of allylic oxidation sites excluding steroid dienone is 3. The minimum Gasteiger partial charge on any atom is -0.466 e. The lowest BCUT2D eigenvalue weighted by atomic mass is 10.0. The van der Waals surface area contributed by atoms with Crippen LogP contribution >= 0.6 is 0 Å². The van der Waals surface area contributed by atoms with Crippen molar-refractivity contribution in [3.8, 4) is 0 Å². The molecule has 0 aliphatic rings. The molecule has 6 heteroatoms. The van der Waals surface area contributed by atoms with E-state index in [0.717, 1.165) is 44.9 Å². The summed E-state index contributed by atoms with van der Waals surface area (Å²) in [6.07, 6.45) is 64.8. The zero-order valence-electron chi connectivity index (χ0n) is 43.0. The van der Waals surface area contributed by atoms with Crippen LogP contribution in [0.4, 0.5) is 0 Å². The summed E-state index contributed by atoms with van der Waals surface area (Å²) in [5, 5.41) is 23.1. The van der Waals surface area contributed by atoms with Crippen LogP contribution in [0.3, 0.4) is 0 Å². The molecule has 0 saturated carbocycles. The number of rotatable bonds is 53. The molecule has 0 rings (SSSR count). The fourth-order valence-corrected chi connectivity index (χ4v) is 8.79. The molecule has 0 saturated heterocycles. The molecular weight excluding hydrogens is 791 g/mol. The van der Waals surface area contributed by atoms with Gasteiger partial charge in [-0.05, 0) is 51.4 Å². The Morgan fingerprint density at radius 1 is 0.422 bits per heavy atom. The minimum absolute atomic E-state index is 0.00273. The summed E-state index contributed by atoms with van der Waals surface area (Å²) < 4.78 is 5.45. The second-order valence-electron chi connectivity index (χ2n) is 19.6. The Hall–Kier alpha value is -1.66. The molecule has 0 aromatic heterocycles. The van der Waals surface area contributed by atoms with Crippen molar-refractivity contribution in [2.45, 2.75) is 321 Å². The van der Waals surface area contributed by atoms with Crippen LogP contribution in [0.15, 0.2) is 24.3 Å². The number of amides is 1. The Morgan fingerprint density at radius 3 is 1.16 bits per heavy atom. The van der Waals surface area contributed by atoms with Crippen molar-refractivity contribution in [1.82, 2.24) is 5.32 Å². The highest BCUT2D eigenvalue weighted by molar-refractivity contribution is 5.76. The van der Waals surface area contributed by atoms with Gasteiger partial charge in [-0.3, -0.25) is 9.59 Å². The lowest BCUT2D eigenvalue weighted by Crippen LogP contribution is -2.45. The zero-order chi connectivity index (χ0) is 46.5. The highest BCUT2D eigenvalue weighted by Crippen LogP contribution is 2.17. The van der Waals surface area contributed by atoms with E-state index in [4.69, 9.17) is 4.74 Å². The van der Waals surface area contributed by atoms with E-state index in [9.17, 15) is 19.8 Å². The third-order valence-electron chi connectivity index (χ3n) is 13.2. The second kappa shape index (κ2) is 54.0. The summed E-state index contributed by atoms with van der Waals surface area (Å²) in [6.45, 7) is 4.87. The molecule has 0 spiro atoms. The van der Waals surface area contributed by atoms with Crippen LogP contribution in [0.2, 0.25) is 0 Å². The maximum absolute atomic E-state index is 12.5. The number of carbonyl (C=O) groups excluding carboxylic acids is 2. The molecule has 0 aromatic carbocycles. The van der Waals surface area contributed by atoms with Crippen LogP contribution < -0.4 is 5.32 Å². The molecule has 64 heavy (non-hydrogen) atoms. The molecule has 1 amide bonds. The van der Waals surface area contributed by atoms with Crippen molar-refractivity contribution >= 4 is 11.9 Å². The van der Waals surface area contributed by atoms with Gasteiger partial charge in [0.2, 0.25) is 5.91 Å². The molecule has 0 aromatic rings. The zero-order valence-corrected chi connectivity index (χ0v) is 43.0. The summed E-state index contributed by atoms with van der Waals surface area (Å²) >= 11 is 0. The molecule has 2 atom stereocenters. The van der Waals surface area contributed by atoms with Crippen LogP contribution in [-0.2, 0) is 14.3 Å². The molecule has 0 aliphatic carbocycles. The van der Waals surface area contributed by atoms with Gasteiger partial charge in [-0.25, -0.2) is 0 Å². The number of esters is 1. The van der Waals surface area contributed by atoms with E-state index in [-0.39, 0.29) is 18.5 Å². The van der Waals surface area contributed by atoms with E-state index in [1.54, 1.807) is 6.08 Å². The topological polar surface area (TPSA) is 95.9 Å². The number of nitrogens with one attached hydrogen (secondary N) is 1. The van der Waals surface area contributed by atoms with Crippen LogP contribution in [0.5, 0.6) is 0 Å². The third-order valence-corrected chi connectivity index (χ3v) is 13.2. The number of ether oxygens (including phenoxy) is 1. The average Bonchev–Trinajstić information content (AvgIpc) is 3.29. The van der Waals surface area contributed by atoms with Crippen molar-refractivity contribution < 1.29 is 24.5 Å². The van der Waals surface area contributed by atoms with E-state index in [2.05, 4.69) is 31.3 Å². The number of hydrogen-bond acceptors (Lipinski definition) is 5. The van der Waals surface area contributed by atoms with Gasteiger partial charge in [0, 0.05) is 12.8 Å². The normalized spacial score (nSPS) is 12.8. The van der Waals surface area contributed by atoms with Crippen molar-refractivity contribution in [3.63, 3.8) is 0 Å². The van der Waals surface area contributed by atoms with Gasteiger partial charge < -0.3 is 20.3 Å². The quantitative estimate of drug-likeness (QED) is 0.0321. The monoisotopic (exact) mass is 902 g/mol. The first-order valence-electron chi connectivity index (χ1n) is 28.6. The van der Waals surface area contributed by atoms with Gasteiger partial charge in [-0.2, -0.15) is 0 Å². The van der Waals surface area contributed by atoms with E-state index in [0.29, 0.717) is 19.4 Å². The maximum atomic E-state index is 12.5. The Labute approximate surface area is 399 Å². The fraction of sp³-hybridized carbons (Fsp3) is 0.897. The van der Waals surface area contributed by atoms with Gasteiger partial charge in [0.25, 0.3) is 0 Å². The highest BCUT2D eigenvalue weighted by atomic mass is 16.5. The summed E-state index contributed by atoms with van der Waals surface area (Å²) in [4.78, 5) is 24.4. The predicted molar refractivity (Wildman–Crippen MR) is 278 cm³/mol. The van der Waals surface area contributed by atoms with Gasteiger partial charge in [-0.1, -0.05) is 269 Å². The summed E-state index contributed by atoms with van der Waals surface area (Å²) in [6, 6.07) is -0.630. The van der Waals surface area contributed by atoms with Crippen molar-refractivity contribution in [2.24, 2.45) is 0 Å². The SMILES string of the molecule is CCCC/C=C\CCCCCCCC(=O)OCCCCCCCCCCCCCCCCCCCCCC(=O)NC(CO)C(O)/C=C/CCCCCCCCCCCCCCCCC. The lowest BCUT2D eigenvalue weighted by molar-refractivity contribution is -0.143. The average molecular weight is 903 g/mol. The molecule has 0 radical (unpaired) electrons. The number of carbonyl (C=O) groups is 2. The predicted octanol–water partition coefficient (Wildman–Crippen LogP) is 17.5. The molecule has 6 nitrogen and oxygen atoms in total. The van der Waals surface area contributed by atoms with Gasteiger partial charge in [0.05, 0.1) is 25.4 Å². The van der Waals surface area contributed by atoms with Gasteiger partial charge in [0.1, 0.15) is 0 Å². The van der Waals surface area contributed by atoms with Crippen LogP contribution in [0.25, 0.3) is 0 Å².